The van der Waals surface area contributed by atoms with Crippen molar-refractivity contribution < 1.29 is 4.79 Å². The second-order valence-electron chi connectivity index (χ2n) is 5.88. The molecule has 0 spiro atoms. The summed E-state index contributed by atoms with van der Waals surface area (Å²) in [6.07, 6.45) is 2.59. The SMILES string of the molecule is Cc1cccc(C(=O)c2cccc(CN3CCCC3)c2)c1. The van der Waals surface area contributed by atoms with E-state index in [1.807, 2.05) is 49.4 Å². The van der Waals surface area contributed by atoms with Crippen LogP contribution < -0.4 is 0 Å². The summed E-state index contributed by atoms with van der Waals surface area (Å²) >= 11 is 0. The summed E-state index contributed by atoms with van der Waals surface area (Å²) in [5.41, 5.74) is 3.91. The van der Waals surface area contributed by atoms with Crippen LogP contribution in [0.15, 0.2) is 48.5 Å². The van der Waals surface area contributed by atoms with E-state index in [4.69, 9.17) is 0 Å². The van der Waals surface area contributed by atoms with Crippen LogP contribution in [0.3, 0.4) is 0 Å². The minimum atomic E-state index is 0.113. The first-order chi connectivity index (χ1) is 10.2. The zero-order valence-electron chi connectivity index (χ0n) is 12.5. The molecule has 2 aromatic carbocycles. The molecule has 0 aliphatic carbocycles. The Kier molecular flexibility index (Phi) is 4.16. The van der Waals surface area contributed by atoms with Crippen LogP contribution >= 0.6 is 0 Å². The standard InChI is InChI=1S/C19H21NO/c1-15-6-4-8-17(12-15)19(21)18-9-5-7-16(13-18)14-20-10-2-3-11-20/h4-9,12-13H,2-3,10-11,14H2,1H3. The lowest BCUT2D eigenvalue weighted by Gasteiger charge is -2.15. The Balaban J connectivity index is 1.80. The molecule has 1 fully saturated rings. The second-order valence-corrected chi connectivity index (χ2v) is 5.88. The van der Waals surface area contributed by atoms with Gasteiger partial charge in [0.25, 0.3) is 0 Å². The predicted octanol–water partition coefficient (Wildman–Crippen LogP) is 3.82. The fourth-order valence-corrected chi connectivity index (χ4v) is 2.96. The van der Waals surface area contributed by atoms with Crippen LogP contribution in [0.4, 0.5) is 0 Å². The minimum Gasteiger partial charge on any atom is -0.299 e. The number of carbonyl (C=O) groups is 1. The third kappa shape index (κ3) is 3.40. The van der Waals surface area contributed by atoms with Gasteiger partial charge in [-0.3, -0.25) is 9.69 Å². The van der Waals surface area contributed by atoms with E-state index in [-0.39, 0.29) is 5.78 Å². The van der Waals surface area contributed by atoms with Gasteiger partial charge in [-0.2, -0.15) is 0 Å². The Labute approximate surface area is 126 Å². The van der Waals surface area contributed by atoms with Gasteiger partial charge in [0.2, 0.25) is 0 Å². The summed E-state index contributed by atoms with van der Waals surface area (Å²) in [6.45, 7) is 5.32. The lowest BCUT2D eigenvalue weighted by Crippen LogP contribution is -2.18. The smallest absolute Gasteiger partial charge is 0.193 e. The van der Waals surface area contributed by atoms with Crippen molar-refractivity contribution in [3.8, 4) is 0 Å². The highest BCUT2D eigenvalue weighted by molar-refractivity contribution is 6.09. The molecule has 21 heavy (non-hydrogen) atoms. The van der Waals surface area contributed by atoms with Gasteiger partial charge < -0.3 is 0 Å². The summed E-state index contributed by atoms with van der Waals surface area (Å²) in [5, 5.41) is 0. The number of benzene rings is 2. The fourth-order valence-electron chi connectivity index (χ4n) is 2.96. The fraction of sp³-hybridized carbons (Fsp3) is 0.316. The van der Waals surface area contributed by atoms with Crippen LogP contribution in [0, 0.1) is 6.92 Å². The number of carbonyl (C=O) groups excluding carboxylic acids is 1. The molecular weight excluding hydrogens is 258 g/mol. The molecule has 0 bridgehead atoms. The van der Waals surface area contributed by atoms with Gasteiger partial charge in [-0.25, -0.2) is 0 Å². The van der Waals surface area contributed by atoms with E-state index in [9.17, 15) is 4.79 Å². The maximum atomic E-state index is 12.6. The number of nitrogens with zero attached hydrogens (tertiary/aromatic N) is 1. The predicted molar refractivity (Wildman–Crippen MR) is 85.6 cm³/mol. The zero-order chi connectivity index (χ0) is 14.7. The van der Waals surface area contributed by atoms with Gasteiger partial charge in [0.1, 0.15) is 0 Å². The van der Waals surface area contributed by atoms with Gasteiger partial charge in [0, 0.05) is 17.7 Å². The Morgan fingerprint density at radius 3 is 2.38 bits per heavy atom. The van der Waals surface area contributed by atoms with Crippen molar-refractivity contribution in [3.05, 3.63) is 70.8 Å². The molecular formula is C19H21NO. The van der Waals surface area contributed by atoms with Crippen molar-refractivity contribution in [3.63, 3.8) is 0 Å². The van der Waals surface area contributed by atoms with Crippen LogP contribution in [-0.4, -0.2) is 23.8 Å². The van der Waals surface area contributed by atoms with Crippen molar-refractivity contribution >= 4 is 5.78 Å². The molecule has 1 aliphatic heterocycles. The lowest BCUT2D eigenvalue weighted by molar-refractivity contribution is 0.103. The number of hydrogen-bond donors (Lipinski definition) is 0. The molecule has 0 unspecified atom stereocenters. The molecule has 1 heterocycles. The van der Waals surface area contributed by atoms with Crippen LogP contribution in [0.2, 0.25) is 0 Å². The molecule has 0 N–H and O–H groups in total. The Morgan fingerprint density at radius 2 is 1.67 bits per heavy atom. The van der Waals surface area contributed by atoms with Gasteiger partial charge in [-0.15, -0.1) is 0 Å². The van der Waals surface area contributed by atoms with Crippen molar-refractivity contribution in [2.24, 2.45) is 0 Å². The van der Waals surface area contributed by atoms with E-state index in [1.165, 1.54) is 31.5 Å². The third-order valence-corrected chi connectivity index (χ3v) is 4.07. The minimum absolute atomic E-state index is 0.113. The summed E-state index contributed by atoms with van der Waals surface area (Å²) in [7, 11) is 0. The maximum absolute atomic E-state index is 12.6. The largest absolute Gasteiger partial charge is 0.299 e. The van der Waals surface area contributed by atoms with Crippen molar-refractivity contribution in [2.75, 3.05) is 13.1 Å². The molecule has 0 atom stereocenters. The molecule has 2 nitrogen and oxygen atoms in total. The molecule has 0 radical (unpaired) electrons. The molecule has 1 aliphatic rings. The highest BCUT2D eigenvalue weighted by atomic mass is 16.1. The average Bonchev–Trinajstić information content (AvgIpc) is 3.00. The molecule has 0 aromatic heterocycles. The van der Waals surface area contributed by atoms with E-state index >= 15 is 0 Å². The first-order valence-corrected chi connectivity index (χ1v) is 7.65. The monoisotopic (exact) mass is 279 g/mol. The maximum Gasteiger partial charge on any atom is 0.193 e. The quantitative estimate of drug-likeness (QED) is 0.793. The summed E-state index contributed by atoms with van der Waals surface area (Å²) < 4.78 is 0. The topological polar surface area (TPSA) is 20.3 Å². The molecule has 0 saturated carbocycles. The highest BCUT2D eigenvalue weighted by Gasteiger charge is 2.13. The van der Waals surface area contributed by atoms with Crippen molar-refractivity contribution in [1.82, 2.24) is 4.90 Å². The van der Waals surface area contributed by atoms with Gasteiger partial charge in [-0.1, -0.05) is 42.0 Å². The lowest BCUT2D eigenvalue weighted by atomic mass is 10.00. The molecule has 2 heteroatoms. The normalized spacial score (nSPS) is 15.3. The van der Waals surface area contributed by atoms with E-state index in [0.717, 1.165) is 23.2 Å². The Bertz CT molecular complexity index is 642. The summed E-state index contributed by atoms with van der Waals surface area (Å²) in [6, 6.07) is 15.9. The summed E-state index contributed by atoms with van der Waals surface area (Å²) in [5.74, 6) is 0.113. The molecule has 108 valence electrons. The van der Waals surface area contributed by atoms with E-state index in [2.05, 4.69) is 11.0 Å². The van der Waals surface area contributed by atoms with Gasteiger partial charge >= 0.3 is 0 Å². The average molecular weight is 279 g/mol. The van der Waals surface area contributed by atoms with Crippen LogP contribution in [-0.2, 0) is 6.54 Å². The van der Waals surface area contributed by atoms with Gasteiger partial charge in [-0.05, 0) is 50.6 Å². The number of rotatable bonds is 4. The van der Waals surface area contributed by atoms with Crippen LogP contribution in [0.1, 0.15) is 39.9 Å². The molecule has 2 aromatic rings. The third-order valence-electron chi connectivity index (χ3n) is 4.07. The summed E-state index contributed by atoms with van der Waals surface area (Å²) in [4.78, 5) is 15.0. The van der Waals surface area contributed by atoms with Crippen molar-refractivity contribution in [1.29, 1.82) is 0 Å². The van der Waals surface area contributed by atoms with Gasteiger partial charge in [0.05, 0.1) is 0 Å². The number of ketones is 1. The van der Waals surface area contributed by atoms with Crippen molar-refractivity contribution in [2.45, 2.75) is 26.3 Å². The molecule has 1 saturated heterocycles. The second kappa shape index (κ2) is 6.23. The van der Waals surface area contributed by atoms with Crippen LogP contribution in [0.5, 0.6) is 0 Å². The van der Waals surface area contributed by atoms with E-state index in [0.29, 0.717) is 0 Å². The highest BCUT2D eigenvalue weighted by Crippen LogP contribution is 2.16. The zero-order valence-corrected chi connectivity index (χ0v) is 12.5. The molecule has 0 amide bonds. The first kappa shape index (κ1) is 14.0. The van der Waals surface area contributed by atoms with Crippen LogP contribution in [0.25, 0.3) is 0 Å². The van der Waals surface area contributed by atoms with Gasteiger partial charge in [0.15, 0.2) is 5.78 Å². The number of hydrogen-bond acceptors (Lipinski definition) is 2. The number of aryl methyl sites for hydroxylation is 1. The molecule has 3 rings (SSSR count). The first-order valence-electron chi connectivity index (χ1n) is 7.65. The van der Waals surface area contributed by atoms with E-state index in [1.54, 1.807) is 0 Å². The van der Waals surface area contributed by atoms with E-state index < -0.39 is 0 Å². The Hall–Kier alpha value is -1.93. The Morgan fingerprint density at radius 1 is 1.00 bits per heavy atom. The number of likely N-dealkylation sites (tertiary alicyclic amines) is 1.